The third kappa shape index (κ3) is 4.78. The topological polar surface area (TPSA) is 101 Å². The molecule has 0 saturated heterocycles. The molecule has 11 heteroatoms. The van der Waals surface area contributed by atoms with Crippen LogP contribution >= 0.6 is 34.7 Å². The van der Waals surface area contributed by atoms with E-state index in [1.807, 2.05) is 6.26 Å². The van der Waals surface area contributed by atoms with Crippen molar-refractivity contribution in [1.29, 1.82) is 0 Å². The molecule has 2 aromatic carbocycles. The molecule has 0 saturated carbocycles. The number of thioether (sulfide) groups is 1. The standard InChI is InChI=1S/C16H13ClN4O3S3/c1-25-16-20-19-15(26-16)18-14(22)10-7-8-12(17)13(9-10)27(23,24)21-11-5-3-2-4-6-11/h2-9,21H,1H3,(H,18,19,22). The molecule has 27 heavy (non-hydrogen) atoms. The van der Waals surface area contributed by atoms with E-state index in [-0.39, 0.29) is 15.5 Å². The fourth-order valence-corrected chi connectivity index (χ4v) is 4.83. The fraction of sp³-hybridized carbons (Fsp3) is 0.0625. The quantitative estimate of drug-likeness (QED) is 0.444. The number of hydrogen-bond donors (Lipinski definition) is 2. The van der Waals surface area contributed by atoms with Crippen LogP contribution in [0.2, 0.25) is 5.02 Å². The van der Waals surface area contributed by atoms with E-state index < -0.39 is 15.9 Å². The summed E-state index contributed by atoms with van der Waals surface area (Å²) in [5.41, 5.74) is 0.524. The van der Waals surface area contributed by atoms with Crippen molar-refractivity contribution in [2.24, 2.45) is 0 Å². The lowest BCUT2D eigenvalue weighted by molar-refractivity contribution is 0.102. The lowest BCUT2D eigenvalue weighted by atomic mass is 10.2. The van der Waals surface area contributed by atoms with Crippen LogP contribution in [0.1, 0.15) is 10.4 Å². The van der Waals surface area contributed by atoms with Crippen molar-refractivity contribution in [2.75, 3.05) is 16.3 Å². The molecule has 7 nitrogen and oxygen atoms in total. The van der Waals surface area contributed by atoms with Gasteiger partial charge in [0.25, 0.3) is 15.9 Å². The van der Waals surface area contributed by atoms with Crippen molar-refractivity contribution in [3.8, 4) is 0 Å². The van der Waals surface area contributed by atoms with Gasteiger partial charge >= 0.3 is 0 Å². The second kappa shape index (κ2) is 8.26. The summed E-state index contributed by atoms with van der Waals surface area (Å²) in [7, 11) is -3.96. The zero-order chi connectivity index (χ0) is 19.4. The van der Waals surface area contributed by atoms with Crippen molar-refractivity contribution < 1.29 is 13.2 Å². The summed E-state index contributed by atoms with van der Waals surface area (Å²) in [4.78, 5) is 12.2. The Hall–Kier alpha value is -2.14. The van der Waals surface area contributed by atoms with E-state index >= 15 is 0 Å². The molecular weight excluding hydrogens is 428 g/mol. The van der Waals surface area contributed by atoms with E-state index in [2.05, 4.69) is 20.2 Å². The highest BCUT2D eigenvalue weighted by Crippen LogP contribution is 2.27. The summed E-state index contributed by atoms with van der Waals surface area (Å²) in [6, 6.07) is 12.4. The van der Waals surface area contributed by atoms with Crippen LogP contribution in [0.4, 0.5) is 10.8 Å². The first-order valence-electron chi connectivity index (χ1n) is 7.45. The molecule has 3 rings (SSSR count). The number of halogens is 1. The average Bonchev–Trinajstić information content (AvgIpc) is 3.10. The minimum atomic E-state index is -3.96. The lowest BCUT2D eigenvalue weighted by Crippen LogP contribution is -2.16. The molecule has 1 amide bonds. The molecule has 0 fully saturated rings. The summed E-state index contributed by atoms with van der Waals surface area (Å²) in [5.74, 6) is -0.508. The summed E-state index contributed by atoms with van der Waals surface area (Å²) in [5, 5.41) is 10.7. The van der Waals surface area contributed by atoms with Gasteiger partial charge in [0.15, 0.2) is 4.34 Å². The van der Waals surface area contributed by atoms with Gasteiger partial charge in [-0.25, -0.2) is 8.42 Å². The molecule has 0 spiro atoms. The number of hydrogen-bond acceptors (Lipinski definition) is 7. The maximum Gasteiger partial charge on any atom is 0.263 e. The van der Waals surface area contributed by atoms with E-state index in [1.165, 1.54) is 41.3 Å². The van der Waals surface area contributed by atoms with Crippen LogP contribution < -0.4 is 10.0 Å². The number of nitrogens with zero attached hydrogens (tertiary/aromatic N) is 2. The van der Waals surface area contributed by atoms with Crippen LogP contribution in [0.5, 0.6) is 0 Å². The van der Waals surface area contributed by atoms with Gasteiger partial charge in [-0.3, -0.25) is 14.8 Å². The number of rotatable bonds is 6. The van der Waals surface area contributed by atoms with Gasteiger partial charge in [-0.1, -0.05) is 52.9 Å². The van der Waals surface area contributed by atoms with E-state index in [1.54, 1.807) is 30.3 Å². The van der Waals surface area contributed by atoms with Gasteiger partial charge in [-0.15, -0.1) is 10.2 Å². The molecule has 140 valence electrons. The fourth-order valence-electron chi connectivity index (χ4n) is 2.08. The number of para-hydroxylation sites is 1. The molecule has 0 aliphatic heterocycles. The highest BCUT2D eigenvalue weighted by atomic mass is 35.5. The first kappa shape index (κ1) is 19.6. The molecular formula is C16H13ClN4O3S3. The Bertz CT molecular complexity index is 1070. The number of carbonyl (C=O) groups is 1. The molecule has 0 bridgehead atoms. The number of benzene rings is 2. The molecule has 1 heterocycles. The Labute approximate surface area is 169 Å². The number of aromatic nitrogens is 2. The maximum atomic E-state index is 12.6. The number of amides is 1. The molecule has 2 N–H and O–H groups in total. The zero-order valence-electron chi connectivity index (χ0n) is 13.8. The summed E-state index contributed by atoms with van der Waals surface area (Å²) in [6.07, 6.45) is 1.85. The Kier molecular flexibility index (Phi) is 6.00. The van der Waals surface area contributed by atoms with Crippen LogP contribution in [0.3, 0.4) is 0 Å². The Balaban J connectivity index is 1.86. The second-order valence-electron chi connectivity index (χ2n) is 5.15. The van der Waals surface area contributed by atoms with E-state index in [4.69, 9.17) is 11.6 Å². The number of carbonyl (C=O) groups excluding carboxylic acids is 1. The second-order valence-corrected chi connectivity index (χ2v) is 9.24. The van der Waals surface area contributed by atoms with Crippen LogP contribution in [0, 0.1) is 0 Å². The van der Waals surface area contributed by atoms with Crippen molar-refractivity contribution in [3.05, 3.63) is 59.1 Å². The molecule has 0 atom stereocenters. The van der Waals surface area contributed by atoms with Crippen LogP contribution in [0.25, 0.3) is 0 Å². The summed E-state index contributed by atoms with van der Waals surface area (Å²) in [6.45, 7) is 0. The van der Waals surface area contributed by atoms with Crippen molar-refractivity contribution in [1.82, 2.24) is 10.2 Å². The number of nitrogens with one attached hydrogen (secondary N) is 2. The van der Waals surface area contributed by atoms with Gasteiger partial charge in [0.2, 0.25) is 5.13 Å². The highest BCUT2D eigenvalue weighted by Gasteiger charge is 2.21. The molecule has 0 radical (unpaired) electrons. The first-order chi connectivity index (χ1) is 12.9. The number of sulfonamides is 1. The Morgan fingerprint density at radius 1 is 1.15 bits per heavy atom. The minimum Gasteiger partial charge on any atom is -0.296 e. The van der Waals surface area contributed by atoms with Gasteiger partial charge in [0, 0.05) is 11.3 Å². The van der Waals surface area contributed by atoms with Gasteiger partial charge in [-0.05, 0) is 36.6 Å². The van der Waals surface area contributed by atoms with E-state index in [9.17, 15) is 13.2 Å². The molecule has 0 aliphatic carbocycles. The molecule has 0 aliphatic rings. The van der Waals surface area contributed by atoms with E-state index in [0.29, 0.717) is 15.2 Å². The van der Waals surface area contributed by atoms with Crippen molar-refractivity contribution in [3.63, 3.8) is 0 Å². The summed E-state index contributed by atoms with van der Waals surface area (Å²) >= 11 is 8.69. The molecule has 3 aromatic rings. The van der Waals surface area contributed by atoms with Crippen LogP contribution in [-0.4, -0.2) is 30.8 Å². The van der Waals surface area contributed by atoms with Crippen LogP contribution in [-0.2, 0) is 10.0 Å². The van der Waals surface area contributed by atoms with Gasteiger partial charge in [0.05, 0.1) is 5.02 Å². The first-order valence-corrected chi connectivity index (χ1v) is 11.4. The normalized spacial score (nSPS) is 11.2. The third-order valence-electron chi connectivity index (χ3n) is 3.31. The van der Waals surface area contributed by atoms with Crippen molar-refractivity contribution in [2.45, 2.75) is 9.24 Å². The van der Waals surface area contributed by atoms with Crippen molar-refractivity contribution >= 4 is 61.4 Å². The lowest BCUT2D eigenvalue weighted by Gasteiger charge is -2.11. The van der Waals surface area contributed by atoms with E-state index in [0.717, 1.165) is 0 Å². The largest absolute Gasteiger partial charge is 0.296 e. The van der Waals surface area contributed by atoms with Crippen LogP contribution in [0.15, 0.2) is 57.8 Å². The van der Waals surface area contributed by atoms with Gasteiger partial charge < -0.3 is 0 Å². The predicted octanol–water partition coefficient (Wildman–Crippen LogP) is 3.97. The number of anilines is 2. The SMILES string of the molecule is CSc1nnc(NC(=O)c2ccc(Cl)c(S(=O)(=O)Nc3ccccc3)c2)s1. The monoisotopic (exact) mass is 440 g/mol. The Morgan fingerprint density at radius 3 is 2.56 bits per heavy atom. The smallest absolute Gasteiger partial charge is 0.263 e. The third-order valence-corrected chi connectivity index (χ3v) is 6.99. The average molecular weight is 441 g/mol. The van der Waals surface area contributed by atoms with Gasteiger partial charge in [0.1, 0.15) is 4.90 Å². The molecule has 0 unspecified atom stereocenters. The van der Waals surface area contributed by atoms with Gasteiger partial charge in [-0.2, -0.15) is 0 Å². The zero-order valence-corrected chi connectivity index (χ0v) is 17.0. The minimum absolute atomic E-state index is 0.00978. The summed E-state index contributed by atoms with van der Waals surface area (Å²) < 4.78 is 28.4. The highest BCUT2D eigenvalue weighted by molar-refractivity contribution is 8.00. The maximum absolute atomic E-state index is 12.6. The Morgan fingerprint density at radius 2 is 1.89 bits per heavy atom. The molecule has 1 aromatic heterocycles. The predicted molar refractivity (Wildman–Crippen MR) is 108 cm³/mol.